The van der Waals surface area contributed by atoms with Gasteiger partial charge in [0, 0.05) is 23.3 Å². The second-order valence-corrected chi connectivity index (χ2v) is 10.4. The highest BCUT2D eigenvalue weighted by atomic mass is 16.3. The summed E-state index contributed by atoms with van der Waals surface area (Å²) in [5.41, 5.74) is 4.84. The average molecular weight is 429 g/mol. The van der Waals surface area contributed by atoms with Gasteiger partial charge in [-0.25, -0.2) is 0 Å². The first kappa shape index (κ1) is 21.4. The van der Waals surface area contributed by atoms with Crippen molar-refractivity contribution in [2.75, 3.05) is 0 Å². The zero-order valence-corrected chi connectivity index (χ0v) is 19.3. The number of carbonyl (C=O) groups is 2. The molecule has 0 bridgehead atoms. The van der Waals surface area contributed by atoms with Crippen LogP contribution in [0.2, 0.25) is 0 Å². The minimum Gasteiger partial charge on any atom is -0.377 e. The normalized spacial score (nSPS) is 35.8. The Morgan fingerprint density at radius 1 is 1.12 bits per heavy atom. The monoisotopic (exact) mass is 428 g/mol. The van der Waals surface area contributed by atoms with Crippen LogP contribution in [0.15, 0.2) is 47.1 Å². The molecule has 0 spiro atoms. The summed E-state index contributed by atoms with van der Waals surface area (Å²) in [4.78, 5) is 24.0. The number of hydrogen-bond acceptors (Lipinski definition) is 3. The van der Waals surface area contributed by atoms with Crippen LogP contribution in [0.4, 0.5) is 0 Å². The van der Waals surface area contributed by atoms with Gasteiger partial charge in [-0.3, -0.25) is 9.59 Å². The molecule has 3 nitrogen and oxygen atoms in total. The fourth-order valence-electron chi connectivity index (χ4n) is 7.33. The Morgan fingerprint density at radius 3 is 2.56 bits per heavy atom. The van der Waals surface area contributed by atoms with Crippen molar-refractivity contribution in [3.05, 3.63) is 58.2 Å². The molecule has 0 radical (unpaired) electrons. The van der Waals surface area contributed by atoms with E-state index in [0.717, 1.165) is 44.1 Å². The van der Waals surface area contributed by atoms with E-state index >= 15 is 0 Å². The van der Waals surface area contributed by atoms with Gasteiger partial charge in [-0.1, -0.05) is 42.7 Å². The molecule has 5 atom stereocenters. The van der Waals surface area contributed by atoms with Crippen LogP contribution in [-0.4, -0.2) is 22.3 Å². The lowest BCUT2D eigenvalue weighted by Crippen LogP contribution is -2.51. The van der Waals surface area contributed by atoms with E-state index in [1.54, 1.807) is 6.92 Å². The second-order valence-electron chi connectivity index (χ2n) is 10.4. The van der Waals surface area contributed by atoms with Gasteiger partial charge in [-0.05, 0) is 87.0 Å². The molecule has 1 N–H and O–H groups in total. The van der Waals surface area contributed by atoms with E-state index in [2.05, 4.69) is 30.9 Å². The lowest BCUT2D eigenvalue weighted by atomic mass is 9.51. The van der Waals surface area contributed by atoms with E-state index in [4.69, 9.17) is 0 Å². The third-order valence-electron chi connectivity index (χ3n) is 8.94. The SMILES string of the molecule is CC#CC1(O)CC[C@H]2[C@@H]3CCC4=CC(=O)CCC4=C3C(c3ccc(C(C)=O)cc3)C[C@@]21C. The fraction of sp³-hybridized carbons (Fsp3) is 0.517. The maximum Gasteiger partial charge on any atom is 0.159 e. The largest absolute Gasteiger partial charge is 0.377 e. The molecule has 0 aromatic heterocycles. The van der Waals surface area contributed by atoms with Crippen molar-refractivity contribution < 1.29 is 14.7 Å². The molecule has 4 aliphatic carbocycles. The van der Waals surface area contributed by atoms with E-state index in [9.17, 15) is 14.7 Å². The number of fused-ring (bicyclic) bond motifs is 4. The van der Waals surface area contributed by atoms with Gasteiger partial charge in [0.25, 0.3) is 0 Å². The third-order valence-corrected chi connectivity index (χ3v) is 8.94. The standard InChI is InChI=1S/C29H32O3/c1-4-14-29(32)15-13-26-24-11-9-21-16-22(31)10-12-23(21)27(24)25(17-28(26,29)3)20-7-5-19(6-8-20)18(2)30/h5-8,16,24-26,32H,9-13,15,17H2,1-3H3/t24-,25?,26-,28-,29?/m0/s1. The quantitative estimate of drug-likeness (QED) is 0.497. The number of ketones is 2. The number of Topliss-reactive ketones (excluding diaryl/α,β-unsaturated/α-hetero) is 1. The summed E-state index contributed by atoms with van der Waals surface area (Å²) in [5, 5.41) is 11.7. The van der Waals surface area contributed by atoms with Crippen molar-refractivity contribution in [1.82, 2.24) is 0 Å². The molecule has 32 heavy (non-hydrogen) atoms. The predicted molar refractivity (Wildman–Crippen MR) is 125 cm³/mol. The molecular formula is C29H32O3. The molecule has 0 amide bonds. The molecule has 5 rings (SSSR count). The summed E-state index contributed by atoms with van der Waals surface area (Å²) in [7, 11) is 0. The van der Waals surface area contributed by atoms with Crippen LogP contribution in [0.25, 0.3) is 0 Å². The number of benzene rings is 1. The van der Waals surface area contributed by atoms with Gasteiger partial charge in [-0.15, -0.1) is 5.92 Å². The van der Waals surface area contributed by atoms with Gasteiger partial charge in [-0.2, -0.15) is 0 Å². The van der Waals surface area contributed by atoms with Crippen molar-refractivity contribution in [3.63, 3.8) is 0 Å². The number of rotatable bonds is 2. The van der Waals surface area contributed by atoms with E-state index in [0.29, 0.717) is 18.3 Å². The highest BCUT2D eigenvalue weighted by Gasteiger charge is 2.62. The lowest BCUT2D eigenvalue weighted by Gasteiger charge is -2.53. The number of carbonyl (C=O) groups excluding carboxylic acids is 2. The van der Waals surface area contributed by atoms with Gasteiger partial charge in [0.05, 0.1) is 0 Å². The molecule has 2 fully saturated rings. The minimum absolute atomic E-state index is 0.0733. The van der Waals surface area contributed by atoms with E-state index in [-0.39, 0.29) is 22.9 Å². The maximum absolute atomic E-state index is 12.1. The van der Waals surface area contributed by atoms with Crippen molar-refractivity contribution in [1.29, 1.82) is 0 Å². The molecule has 1 aromatic rings. The fourth-order valence-corrected chi connectivity index (χ4v) is 7.33. The highest BCUT2D eigenvalue weighted by molar-refractivity contribution is 5.94. The second kappa shape index (κ2) is 7.56. The van der Waals surface area contributed by atoms with Crippen molar-refractivity contribution in [2.24, 2.45) is 17.3 Å². The summed E-state index contributed by atoms with van der Waals surface area (Å²) in [6, 6.07) is 8.06. The Hall–Kier alpha value is -2.44. The van der Waals surface area contributed by atoms with Gasteiger partial charge in [0.15, 0.2) is 11.6 Å². The first-order valence-corrected chi connectivity index (χ1v) is 12.0. The summed E-state index contributed by atoms with van der Waals surface area (Å²) in [5.74, 6) is 7.53. The van der Waals surface area contributed by atoms with Crippen molar-refractivity contribution in [2.45, 2.75) is 77.2 Å². The van der Waals surface area contributed by atoms with Crippen LogP contribution in [0.5, 0.6) is 0 Å². The van der Waals surface area contributed by atoms with Gasteiger partial charge in [0.1, 0.15) is 5.60 Å². The van der Waals surface area contributed by atoms with Gasteiger partial charge < -0.3 is 5.11 Å². The molecular weight excluding hydrogens is 396 g/mol. The zero-order chi connectivity index (χ0) is 22.7. The summed E-state index contributed by atoms with van der Waals surface area (Å²) >= 11 is 0. The number of aliphatic hydroxyl groups is 1. The van der Waals surface area contributed by atoms with E-state index in [1.807, 2.05) is 25.1 Å². The van der Waals surface area contributed by atoms with E-state index in [1.165, 1.54) is 22.3 Å². The van der Waals surface area contributed by atoms with Crippen LogP contribution in [-0.2, 0) is 4.79 Å². The Kier molecular flexibility index (Phi) is 5.06. The topological polar surface area (TPSA) is 54.4 Å². The molecule has 0 aliphatic heterocycles. The van der Waals surface area contributed by atoms with Crippen LogP contribution >= 0.6 is 0 Å². The minimum atomic E-state index is -0.959. The Balaban J connectivity index is 1.68. The molecule has 4 aliphatic rings. The van der Waals surface area contributed by atoms with Crippen LogP contribution in [0.3, 0.4) is 0 Å². The summed E-state index contributed by atoms with van der Waals surface area (Å²) < 4.78 is 0. The molecule has 2 saturated carbocycles. The molecule has 2 unspecified atom stereocenters. The van der Waals surface area contributed by atoms with E-state index < -0.39 is 5.60 Å². The number of allylic oxidation sites excluding steroid dienone is 4. The van der Waals surface area contributed by atoms with Crippen LogP contribution < -0.4 is 0 Å². The molecule has 3 heteroatoms. The Bertz CT molecular complexity index is 1110. The third kappa shape index (κ3) is 3.07. The predicted octanol–water partition coefficient (Wildman–Crippen LogP) is 5.54. The van der Waals surface area contributed by atoms with Crippen molar-refractivity contribution >= 4 is 11.6 Å². The summed E-state index contributed by atoms with van der Waals surface area (Å²) in [6.07, 6.45) is 7.88. The van der Waals surface area contributed by atoms with Crippen LogP contribution in [0, 0.1) is 29.1 Å². The summed E-state index contributed by atoms with van der Waals surface area (Å²) in [6.45, 7) is 5.67. The van der Waals surface area contributed by atoms with Gasteiger partial charge >= 0.3 is 0 Å². The zero-order valence-electron chi connectivity index (χ0n) is 19.3. The molecule has 1 aromatic carbocycles. The lowest BCUT2D eigenvalue weighted by molar-refractivity contribution is -0.114. The molecule has 0 saturated heterocycles. The Labute approximate surface area is 191 Å². The molecule has 0 heterocycles. The first-order valence-electron chi connectivity index (χ1n) is 12.0. The molecule has 166 valence electrons. The van der Waals surface area contributed by atoms with Gasteiger partial charge in [0.2, 0.25) is 0 Å². The highest BCUT2D eigenvalue weighted by Crippen LogP contribution is 2.66. The maximum atomic E-state index is 12.1. The van der Waals surface area contributed by atoms with Crippen LogP contribution in [0.1, 0.15) is 87.6 Å². The van der Waals surface area contributed by atoms with Crippen molar-refractivity contribution in [3.8, 4) is 11.8 Å². The first-order chi connectivity index (χ1) is 15.3. The number of hydrogen-bond donors (Lipinski definition) is 1. The smallest absolute Gasteiger partial charge is 0.159 e. The average Bonchev–Trinajstić information content (AvgIpc) is 3.03. The Morgan fingerprint density at radius 2 is 1.88 bits per heavy atom.